The van der Waals surface area contributed by atoms with Crippen LogP contribution in [0.5, 0.6) is 0 Å². The fourth-order valence-corrected chi connectivity index (χ4v) is 2.86. The van der Waals surface area contributed by atoms with Crippen molar-refractivity contribution in [3.8, 4) is 0 Å². The lowest BCUT2D eigenvalue weighted by Crippen LogP contribution is -2.26. The molecule has 2 N–H and O–H groups in total. The normalized spacial score (nSPS) is 12.4. The first kappa shape index (κ1) is 15.3. The number of hydrogen-bond donors (Lipinski definition) is 2. The lowest BCUT2D eigenvalue weighted by Gasteiger charge is -2.13. The molecule has 0 unspecified atom stereocenters. The molecular formula is C19H21N3O. The number of rotatable bonds is 5. The van der Waals surface area contributed by atoms with Crippen LogP contribution in [0.2, 0.25) is 0 Å². The summed E-state index contributed by atoms with van der Waals surface area (Å²) in [6, 6.07) is 15.7. The number of aliphatic hydroxyl groups excluding tert-OH is 1. The second-order valence-corrected chi connectivity index (χ2v) is 5.75. The highest BCUT2D eigenvalue weighted by Crippen LogP contribution is 2.19. The van der Waals surface area contributed by atoms with E-state index in [1.54, 1.807) is 6.08 Å². The molecule has 0 spiro atoms. The second-order valence-electron chi connectivity index (χ2n) is 5.75. The Labute approximate surface area is 135 Å². The van der Waals surface area contributed by atoms with Gasteiger partial charge in [0, 0.05) is 6.54 Å². The van der Waals surface area contributed by atoms with Crippen LogP contribution < -0.4 is 5.62 Å². The minimum Gasteiger partial charge on any atom is -0.387 e. The van der Waals surface area contributed by atoms with Gasteiger partial charge in [-0.15, -0.1) is 6.58 Å². The number of aliphatic hydroxyl groups is 1. The molecule has 1 atom stereocenters. The number of nitrogens with one attached hydrogen (secondary N) is 1. The van der Waals surface area contributed by atoms with Gasteiger partial charge in [0.2, 0.25) is 5.62 Å². The van der Waals surface area contributed by atoms with Crippen molar-refractivity contribution < 1.29 is 5.11 Å². The van der Waals surface area contributed by atoms with E-state index in [0.717, 1.165) is 22.2 Å². The number of imidazole rings is 1. The second kappa shape index (κ2) is 6.26. The molecule has 4 heteroatoms. The third-order valence-electron chi connectivity index (χ3n) is 4.10. The number of aryl methyl sites for hydroxylation is 1. The van der Waals surface area contributed by atoms with Crippen LogP contribution in [0.25, 0.3) is 11.0 Å². The summed E-state index contributed by atoms with van der Waals surface area (Å²) >= 11 is 0. The van der Waals surface area contributed by atoms with Crippen molar-refractivity contribution in [2.24, 2.45) is 0 Å². The topological polar surface area (TPSA) is 53.9 Å². The van der Waals surface area contributed by atoms with Crippen molar-refractivity contribution in [2.75, 3.05) is 0 Å². The lowest BCUT2D eigenvalue weighted by molar-refractivity contribution is 0.155. The van der Waals surface area contributed by atoms with Crippen LogP contribution in [0.1, 0.15) is 17.2 Å². The highest BCUT2D eigenvalue weighted by atomic mass is 16.3. The smallest absolute Gasteiger partial charge is 0.203 e. The third kappa shape index (κ3) is 2.85. The lowest BCUT2D eigenvalue weighted by atomic mass is 10.1. The molecule has 1 aromatic heterocycles. The predicted octanol–water partition coefficient (Wildman–Crippen LogP) is 3.15. The van der Waals surface area contributed by atoms with Crippen molar-refractivity contribution in [2.45, 2.75) is 26.1 Å². The third-order valence-corrected chi connectivity index (χ3v) is 4.10. The number of hydrogen-bond acceptors (Lipinski definition) is 2. The zero-order valence-electron chi connectivity index (χ0n) is 13.2. The first-order valence-corrected chi connectivity index (χ1v) is 7.70. The SMILES string of the molecule is C=CCn1c(=N)n(C[C@H](O)c2ccc(C)cc2)c2ccccc21. The van der Waals surface area contributed by atoms with E-state index >= 15 is 0 Å². The molecule has 0 saturated carbocycles. The zero-order chi connectivity index (χ0) is 16.4. The van der Waals surface area contributed by atoms with Crippen molar-refractivity contribution in [1.82, 2.24) is 9.13 Å². The molecule has 4 nitrogen and oxygen atoms in total. The van der Waals surface area contributed by atoms with Gasteiger partial charge in [-0.1, -0.05) is 48.0 Å². The molecule has 0 aliphatic carbocycles. The molecule has 0 aliphatic heterocycles. The Balaban J connectivity index is 2.02. The number of para-hydroxylation sites is 2. The molecule has 0 fully saturated rings. The van der Waals surface area contributed by atoms with Gasteiger partial charge in [-0.3, -0.25) is 5.41 Å². The first-order valence-electron chi connectivity index (χ1n) is 7.70. The fraction of sp³-hybridized carbons (Fsp3) is 0.211. The highest BCUT2D eigenvalue weighted by Gasteiger charge is 2.14. The van der Waals surface area contributed by atoms with Gasteiger partial charge in [0.25, 0.3) is 0 Å². The number of benzene rings is 2. The Bertz CT molecular complexity index is 887. The molecule has 118 valence electrons. The molecule has 2 aromatic carbocycles. The van der Waals surface area contributed by atoms with E-state index in [1.807, 2.05) is 64.6 Å². The van der Waals surface area contributed by atoms with E-state index < -0.39 is 6.10 Å². The maximum atomic E-state index is 10.6. The number of aromatic nitrogens is 2. The number of nitrogens with zero attached hydrogens (tertiary/aromatic N) is 2. The molecule has 23 heavy (non-hydrogen) atoms. The van der Waals surface area contributed by atoms with Crippen LogP contribution in [0, 0.1) is 12.3 Å². The highest BCUT2D eigenvalue weighted by molar-refractivity contribution is 5.75. The van der Waals surface area contributed by atoms with Crippen LogP contribution in [0.15, 0.2) is 61.2 Å². The molecule has 0 amide bonds. The summed E-state index contributed by atoms with van der Waals surface area (Å²) < 4.78 is 3.74. The minimum absolute atomic E-state index is 0.354. The Hall–Kier alpha value is -2.59. The zero-order valence-corrected chi connectivity index (χ0v) is 13.2. The van der Waals surface area contributed by atoms with Crippen LogP contribution in [-0.4, -0.2) is 14.2 Å². The van der Waals surface area contributed by atoms with Crippen LogP contribution in [0.4, 0.5) is 0 Å². The Kier molecular flexibility index (Phi) is 4.17. The predicted molar refractivity (Wildman–Crippen MR) is 92.1 cm³/mol. The van der Waals surface area contributed by atoms with Gasteiger partial charge in [0.05, 0.1) is 23.7 Å². The van der Waals surface area contributed by atoms with Gasteiger partial charge in [-0.05, 0) is 24.6 Å². The molecule has 0 radical (unpaired) electrons. The van der Waals surface area contributed by atoms with Gasteiger partial charge in [-0.25, -0.2) is 0 Å². The van der Waals surface area contributed by atoms with Gasteiger partial charge >= 0.3 is 0 Å². The summed E-state index contributed by atoms with van der Waals surface area (Å²) in [5.74, 6) is 0. The van der Waals surface area contributed by atoms with Gasteiger partial charge in [-0.2, -0.15) is 0 Å². The molecule has 0 aliphatic rings. The number of fused-ring (bicyclic) bond motifs is 1. The summed E-state index contributed by atoms with van der Waals surface area (Å²) in [6.45, 7) is 6.72. The largest absolute Gasteiger partial charge is 0.387 e. The molecule has 3 rings (SSSR count). The monoisotopic (exact) mass is 307 g/mol. The average Bonchev–Trinajstić information content (AvgIpc) is 2.82. The summed E-state index contributed by atoms with van der Waals surface area (Å²) in [7, 11) is 0. The fourth-order valence-electron chi connectivity index (χ4n) is 2.86. The summed E-state index contributed by atoms with van der Waals surface area (Å²) in [5, 5.41) is 19.0. The van der Waals surface area contributed by atoms with E-state index in [2.05, 4.69) is 6.58 Å². The van der Waals surface area contributed by atoms with Crippen molar-refractivity contribution in [3.05, 3.63) is 77.9 Å². The first-order chi connectivity index (χ1) is 11.1. The number of allylic oxidation sites excluding steroid dienone is 1. The van der Waals surface area contributed by atoms with Gasteiger partial charge < -0.3 is 14.2 Å². The minimum atomic E-state index is -0.646. The van der Waals surface area contributed by atoms with Crippen LogP contribution >= 0.6 is 0 Å². The van der Waals surface area contributed by atoms with E-state index in [0.29, 0.717) is 18.7 Å². The van der Waals surface area contributed by atoms with Gasteiger partial charge in [0.15, 0.2) is 0 Å². The summed E-state index contributed by atoms with van der Waals surface area (Å²) in [5.41, 5.74) is 4.33. The summed E-state index contributed by atoms with van der Waals surface area (Å²) in [6.07, 6.45) is 1.14. The van der Waals surface area contributed by atoms with E-state index in [-0.39, 0.29) is 0 Å². The molecule has 0 saturated heterocycles. The quantitative estimate of drug-likeness (QED) is 0.699. The maximum Gasteiger partial charge on any atom is 0.203 e. The van der Waals surface area contributed by atoms with E-state index in [4.69, 9.17) is 5.41 Å². The Morgan fingerprint density at radius 2 is 1.70 bits per heavy atom. The Morgan fingerprint density at radius 3 is 2.30 bits per heavy atom. The van der Waals surface area contributed by atoms with E-state index in [1.165, 1.54) is 0 Å². The van der Waals surface area contributed by atoms with Crippen molar-refractivity contribution in [1.29, 1.82) is 5.41 Å². The Morgan fingerprint density at radius 1 is 1.09 bits per heavy atom. The van der Waals surface area contributed by atoms with Crippen LogP contribution in [-0.2, 0) is 13.1 Å². The molecular weight excluding hydrogens is 286 g/mol. The van der Waals surface area contributed by atoms with Crippen LogP contribution in [0.3, 0.4) is 0 Å². The van der Waals surface area contributed by atoms with E-state index in [9.17, 15) is 5.11 Å². The molecule has 1 heterocycles. The van der Waals surface area contributed by atoms with Crippen molar-refractivity contribution in [3.63, 3.8) is 0 Å². The summed E-state index contributed by atoms with van der Waals surface area (Å²) in [4.78, 5) is 0. The maximum absolute atomic E-state index is 10.6. The molecule has 0 bridgehead atoms. The molecule has 3 aromatic rings. The van der Waals surface area contributed by atoms with Gasteiger partial charge in [0.1, 0.15) is 0 Å². The van der Waals surface area contributed by atoms with Crippen molar-refractivity contribution >= 4 is 11.0 Å². The standard InChI is InChI=1S/C19H21N3O/c1-3-12-21-16-6-4-5-7-17(16)22(19(21)20)13-18(23)15-10-8-14(2)9-11-15/h3-11,18,20,23H,1,12-13H2,2H3/t18-/m0/s1. The average molecular weight is 307 g/mol.